The average Bonchev–Trinajstić information content (AvgIpc) is 3.07. The van der Waals surface area contributed by atoms with Gasteiger partial charge in [-0.3, -0.25) is 0 Å². The van der Waals surface area contributed by atoms with Gasteiger partial charge in [-0.2, -0.15) is 0 Å². The molecule has 2 aromatic carbocycles. The zero-order valence-corrected chi connectivity index (χ0v) is 14.5. The number of aromatic nitrogens is 2. The van der Waals surface area contributed by atoms with E-state index >= 15 is 0 Å². The van der Waals surface area contributed by atoms with Gasteiger partial charge < -0.3 is 0 Å². The van der Waals surface area contributed by atoms with E-state index in [9.17, 15) is 22.4 Å². The Hall–Kier alpha value is -2.16. The molecule has 4 aromatic rings. The zero-order valence-electron chi connectivity index (χ0n) is 12.0. The van der Waals surface area contributed by atoms with Crippen molar-refractivity contribution >= 4 is 45.9 Å². The number of ether oxygens (including phenoxy) is 1. The number of rotatable bonds is 2. The summed E-state index contributed by atoms with van der Waals surface area (Å²) in [6, 6.07) is 7.82. The summed E-state index contributed by atoms with van der Waals surface area (Å²) < 4.78 is 56.8. The van der Waals surface area contributed by atoms with E-state index < -0.39 is 26.9 Å². The normalized spacial score (nSPS) is 12.2. The monoisotopic (exact) mass is 434 g/mol. The SMILES string of the molecule is O=c1c2cc(F)ccc2[se]n1-c1nc2ccc(OC(F)(F)F)cc2s1. The fourth-order valence-electron chi connectivity index (χ4n) is 2.30. The molecule has 0 bridgehead atoms. The first kappa shape index (κ1) is 16.3. The topological polar surface area (TPSA) is 44.1 Å². The summed E-state index contributed by atoms with van der Waals surface area (Å²) >= 11 is 0.678. The molecule has 0 aliphatic heterocycles. The molecule has 4 rings (SSSR count). The quantitative estimate of drug-likeness (QED) is 0.358. The molecule has 0 N–H and O–H groups in total. The van der Waals surface area contributed by atoms with E-state index in [0.29, 0.717) is 20.7 Å². The van der Waals surface area contributed by atoms with Crippen molar-refractivity contribution in [2.75, 3.05) is 0 Å². The van der Waals surface area contributed by atoms with Gasteiger partial charge in [0, 0.05) is 0 Å². The Morgan fingerprint density at radius 2 is 1.96 bits per heavy atom. The maximum atomic E-state index is 13.3. The van der Waals surface area contributed by atoms with Gasteiger partial charge in [0.05, 0.1) is 0 Å². The van der Waals surface area contributed by atoms with Crippen LogP contribution in [-0.2, 0) is 0 Å². The summed E-state index contributed by atoms with van der Waals surface area (Å²) in [5.41, 5.74) is 0.0978. The first-order valence-corrected chi connectivity index (χ1v) is 9.22. The van der Waals surface area contributed by atoms with E-state index in [1.807, 2.05) is 0 Å². The number of hydrogen-bond donors (Lipinski definition) is 0. The number of alkyl halides is 3. The average molecular weight is 433 g/mol. The molecule has 0 aliphatic carbocycles. The Kier molecular flexibility index (Phi) is 3.71. The summed E-state index contributed by atoms with van der Waals surface area (Å²) in [7, 11) is 0. The van der Waals surface area contributed by atoms with Gasteiger partial charge in [-0.25, -0.2) is 0 Å². The second kappa shape index (κ2) is 5.69. The molecule has 0 aliphatic rings. The number of benzene rings is 2. The van der Waals surface area contributed by atoms with Crippen LogP contribution in [0.3, 0.4) is 0 Å². The van der Waals surface area contributed by atoms with E-state index in [-0.39, 0.29) is 11.3 Å². The molecule has 2 aromatic heterocycles. The van der Waals surface area contributed by atoms with Crippen molar-refractivity contribution in [1.82, 2.24) is 8.55 Å². The van der Waals surface area contributed by atoms with Crippen LogP contribution >= 0.6 is 11.3 Å². The van der Waals surface area contributed by atoms with Crippen molar-refractivity contribution in [1.29, 1.82) is 0 Å². The van der Waals surface area contributed by atoms with Crippen LogP contribution in [0.1, 0.15) is 0 Å². The van der Waals surface area contributed by atoms with Crippen molar-refractivity contribution in [3.63, 3.8) is 0 Å². The molecular weight excluding hydrogens is 427 g/mol. The first-order chi connectivity index (χ1) is 11.8. The van der Waals surface area contributed by atoms with Crippen molar-refractivity contribution < 1.29 is 22.3 Å². The van der Waals surface area contributed by atoms with E-state index in [2.05, 4.69) is 9.72 Å². The van der Waals surface area contributed by atoms with E-state index in [4.69, 9.17) is 0 Å². The number of nitrogens with zero attached hydrogens (tertiary/aromatic N) is 2. The fourth-order valence-corrected chi connectivity index (χ4v) is 5.45. The molecule has 0 saturated carbocycles. The third-order valence-corrected chi connectivity index (χ3v) is 6.82. The second-order valence-corrected chi connectivity index (χ2v) is 8.09. The van der Waals surface area contributed by atoms with E-state index in [1.165, 1.54) is 33.9 Å². The number of thiazole rings is 1. The van der Waals surface area contributed by atoms with Gasteiger partial charge in [0.1, 0.15) is 0 Å². The minimum atomic E-state index is -4.78. The molecule has 0 unspecified atom stereocenters. The van der Waals surface area contributed by atoms with Crippen LogP contribution in [0.4, 0.5) is 17.6 Å². The van der Waals surface area contributed by atoms with Gasteiger partial charge in [0.2, 0.25) is 0 Å². The van der Waals surface area contributed by atoms with E-state index in [1.54, 1.807) is 6.07 Å². The number of fused-ring (bicyclic) bond motifs is 2. The van der Waals surface area contributed by atoms with Crippen molar-refractivity contribution in [2.24, 2.45) is 0 Å². The summed E-state index contributed by atoms with van der Waals surface area (Å²) in [5.74, 6) is -0.846. The number of halogens is 4. The standard InChI is InChI=1S/C15H6F4N2O2SSe/c16-7-1-4-12-9(5-7)13(22)21(25-12)14-20-10-3-2-8(6-11(10)24-14)23-15(17,18)19/h1-6H. The molecule has 4 nitrogen and oxygen atoms in total. The van der Waals surface area contributed by atoms with Crippen molar-refractivity contribution in [3.8, 4) is 10.9 Å². The molecule has 10 heteroatoms. The van der Waals surface area contributed by atoms with Gasteiger partial charge in [-0.15, -0.1) is 0 Å². The molecule has 2 heterocycles. The molecule has 0 fully saturated rings. The van der Waals surface area contributed by atoms with Gasteiger partial charge in [-0.1, -0.05) is 0 Å². The van der Waals surface area contributed by atoms with Crippen LogP contribution in [0.5, 0.6) is 5.75 Å². The Bertz CT molecular complexity index is 1160. The van der Waals surface area contributed by atoms with Crippen molar-refractivity contribution in [3.05, 3.63) is 52.6 Å². The Labute approximate surface area is 146 Å². The Balaban J connectivity index is 1.82. The molecule has 0 amide bonds. The summed E-state index contributed by atoms with van der Waals surface area (Å²) in [4.78, 5) is 16.7. The Morgan fingerprint density at radius 1 is 1.16 bits per heavy atom. The predicted molar refractivity (Wildman–Crippen MR) is 86.3 cm³/mol. The van der Waals surface area contributed by atoms with Crippen LogP contribution < -0.4 is 10.3 Å². The first-order valence-electron chi connectivity index (χ1n) is 6.78. The third kappa shape index (κ3) is 3.08. The number of hydrogen-bond acceptors (Lipinski definition) is 4. The molecule has 25 heavy (non-hydrogen) atoms. The third-order valence-electron chi connectivity index (χ3n) is 3.30. The zero-order chi connectivity index (χ0) is 17.8. The van der Waals surface area contributed by atoms with Gasteiger partial charge >= 0.3 is 147 Å². The van der Waals surface area contributed by atoms with Crippen LogP contribution in [-0.4, -0.2) is 29.6 Å². The minimum absolute atomic E-state index is 0.292. The molecule has 0 spiro atoms. The van der Waals surface area contributed by atoms with Crippen LogP contribution in [0.25, 0.3) is 25.0 Å². The molecule has 0 saturated heterocycles. The summed E-state index contributed by atoms with van der Waals surface area (Å²) in [6.07, 6.45) is -4.78. The summed E-state index contributed by atoms with van der Waals surface area (Å²) in [5, 5.41) is 0.654. The van der Waals surface area contributed by atoms with Gasteiger partial charge in [0.25, 0.3) is 0 Å². The van der Waals surface area contributed by atoms with Crippen LogP contribution in [0.15, 0.2) is 41.2 Å². The summed E-state index contributed by atoms with van der Waals surface area (Å²) in [6.45, 7) is 0. The van der Waals surface area contributed by atoms with Gasteiger partial charge in [0.15, 0.2) is 0 Å². The molecule has 128 valence electrons. The fraction of sp³-hybridized carbons (Fsp3) is 0.0667. The van der Waals surface area contributed by atoms with Gasteiger partial charge in [-0.05, 0) is 0 Å². The Morgan fingerprint density at radius 3 is 2.72 bits per heavy atom. The predicted octanol–water partition coefficient (Wildman–Crippen LogP) is 3.70. The van der Waals surface area contributed by atoms with Crippen molar-refractivity contribution in [2.45, 2.75) is 6.36 Å². The van der Waals surface area contributed by atoms with Crippen LogP contribution in [0, 0.1) is 5.82 Å². The van der Waals surface area contributed by atoms with Crippen LogP contribution in [0.2, 0.25) is 0 Å². The maximum absolute atomic E-state index is 13.3. The molecular formula is C15H6F4N2O2SSe. The molecule has 0 radical (unpaired) electrons. The second-order valence-electron chi connectivity index (χ2n) is 5.01. The molecule has 0 atom stereocenters. The van der Waals surface area contributed by atoms with E-state index in [0.717, 1.165) is 15.6 Å².